The van der Waals surface area contributed by atoms with E-state index in [1.54, 1.807) is 19.1 Å². The van der Waals surface area contributed by atoms with Crippen LogP contribution in [0.25, 0.3) is 0 Å². The fourth-order valence-electron chi connectivity index (χ4n) is 2.18. The molecule has 2 aromatic carbocycles. The van der Waals surface area contributed by atoms with E-state index in [-0.39, 0.29) is 23.6 Å². The molecule has 118 valence electrons. The first-order chi connectivity index (χ1) is 11.0. The van der Waals surface area contributed by atoms with Gasteiger partial charge < -0.3 is 0 Å². The average molecular weight is 312 g/mol. The highest BCUT2D eigenvalue weighted by atomic mass is 16.6. The third-order valence-corrected chi connectivity index (χ3v) is 3.44. The molecule has 0 saturated heterocycles. The number of hydrogen-bond donors (Lipinski definition) is 0. The van der Waals surface area contributed by atoms with Gasteiger partial charge in [-0.3, -0.25) is 19.7 Å². The van der Waals surface area contributed by atoms with E-state index in [2.05, 4.69) is 0 Å². The molecule has 0 aromatic heterocycles. The maximum Gasteiger partial charge on any atom is 0.269 e. The molecule has 0 aliphatic rings. The first-order valence-corrected chi connectivity index (χ1v) is 7.13. The molecule has 0 atom stereocenters. The first kappa shape index (κ1) is 16.4. The van der Waals surface area contributed by atoms with Crippen LogP contribution in [0.4, 0.5) is 11.4 Å². The Morgan fingerprint density at radius 1 is 1.09 bits per heavy atom. The number of nitro groups is 1. The summed E-state index contributed by atoms with van der Waals surface area (Å²) >= 11 is 0. The third kappa shape index (κ3) is 3.42. The number of rotatable bonds is 4. The summed E-state index contributed by atoms with van der Waals surface area (Å²) in [5.74, 6) is -0.830. The van der Waals surface area contributed by atoms with Crippen molar-refractivity contribution in [2.45, 2.75) is 20.3 Å². The van der Waals surface area contributed by atoms with Crippen molar-refractivity contribution >= 4 is 23.2 Å². The minimum atomic E-state index is -0.537. The molecule has 2 rings (SSSR count). The van der Waals surface area contributed by atoms with Crippen LogP contribution in [0.1, 0.15) is 29.3 Å². The van der Waals surface area contributed by atoms with Gasteiger partial charge in [0.05, 0.1) is 10.6 Å². The Morgan fingerprint density at radius 2 is 1.70 bits per heavy atom. The van der Waals surface area contributed by atoms with Crippen LogP contribution >= 0.6 is 0 Å². The molecule has 0 aliphatic carbocycles. The number of non-ortho nitro benzene ring substituents is 1. The van der Waals surface area contributed by atoms with E-state index in [0.29, 0.717) is 5.69 Å². The van der Waals surface area contributed by atoms with E-state index in [1.807, 2.05) is 19.1 Å². The number of imide groups is 1. The van der Waals surface area contributed by atoms with E-state index in [4.69, 9.17) is 0 Å². The zero-order chi connectivity index (χ0) is 17.0. The maximum atomic E-state index is 12.7. The Balaban J connectivity index is 2.43. The Labute approximate surface area is 133 Å². The normalized spacial score (nSPS) is 10.2. The highest BCUT2D eigenvalue weighted by Gasteiger charge is 2.25. The predicted octanol–water partition coefficient (Wildman–Crippen LogP) is 3.49. The van der Waals surface area contributed by atoms with Gasteiger partial charge in [-0.2, -0.15) is 0 Å². The molecule has 23 heavy (non-hydrogen) atoms. The van der Waals surface area contributed by atoms with Gasteiger partial charge in [0.1, 0.15) is 0 Å². The van der Waals surface area contributed by atoms with Crippen LogP contribution < -0.4 is 4.90 Å². The first-order valence-electron chi connectivity index (χ1n) is 7.13. The molecule has 0 heterocycles. The summed E-state index contributed by atoms with van der Waals surface area (Å²) in [5, 5.41) is 10.7. The fourth-order valence-corrected chi connectivity index (χ4v) is 2.18. The number of nitrogens with zero attached hydrogens (tertiary/aromatic N) is 2. The zero-order valence-corrected chi connectivity index (χ0v) is 12.9. The molecular weight excluding hydrogens is 296 g/mol. The van der Waals surface area contributed by atoms with E-state index in [1.165, 1.54) is 24.3 Å². The summed E-state index contributed by atoms with van der Waals surface area (Å²) in [4.78, 5) is 36.2. The predicted molar refractivity (Wildman–Crippen MR) is 86.4 cm³/mol. The minimum Gasteiger partial charge on any atom is -0.274 e. The Hall–Kier alpha value is -3.02. The van der Waals surface area contributed by atoms with Crippen LogP contribution in [0.5, 0.6) is 0 Å². The summed E-state index contributed by atoms with van der Waals surface area (Å²) in [6, 6.07) is 12.3. The number of benzene rings is 2. The van der Waals surface area contributed by atoms with Crippen LogP contribution in [-0.2, 0) is 4.79 Å². The fraction of sp³-hybridized carbons (Fsp3) is 0.176. The number of para-hydroxylation sites is 1. The van der Waals surface area contributed by atoms with Crippen LogP contribution in [0, 0.1) is 17.0 Å². The van der Waals surface area contributed by atoms with Gasteiger partial charge in [-0.1, -0.05) is 25.1 Å². The smallest absolute Gasteiger partial charge is 0.269 e. The van der Waals surface area contributed by atoms with Crippen LogP contribution in [-0.4, -0.2) is 16.7 Å². The van der Waals surface area contributed by atoms with Crippen molar-refractivity contribution in [2.24, 2.45) is 0 Å². The minimum absolute atomic E-state index is 0.106. The summed E-state index contributed by atoms with van der Waals surface area (Å²) < 4.78 is 0. The summed E-state index contributed by atoms with van der Waals surface area (Å²) in [7, 11) is 0. The lowest BCUT2D eigenvalue weighted by Gasteiger charge is -2.22. The van der Waals surface area contributed by atoms with E-state index < -0.39 is 10.8 Å². The topological polar surface area (TPSA) is 80.5 Å². The lowest BCUT2D eigenvalue weighted by Crippen LogP contribution is -2.37. The van der Waals surface area contributed by atoms with Crippen molar-refractivity contribution in [3.8, 4) is 0 Å². The van der Waals surface area contributed by atoms with Gasteiger partial charge in [-0.25, -0.2) is 4.90 Å². The summed E-state index contributed by atoms with van der Waals surface area (Å²) in [5.41, 5.74) is 1.43. The zero-order valence-electron chi connectivity index (χ0n) is 12.9. The van der Waals surface area contributed by atoms with Crippen molar-refractivity contribution < 1.29 is 14.5 Å². The SMILES string of the molecule is CCC(=O)N(C(=O)c1ccc([N+](=O)[O-])cc1)c1ccccc1C. The van der Waals surface area contributed by atoms with Gasteiger partial charge in [0.2, 0.25) is 5.91 Å². The number of nitro benzene ring substituents is 1. The van der Waals surface area contributed by atoms with Crippen molar-refractivity contribution in [1.29, 1.82) is 0 Å². The highest BCUT2D eigenvalue weighted by molar-refractivity contribution is 6.21. The number of carbonyl (C=O) groups excluding carboxylic acids is 2. The molecule has 0 saturated carbocycles. The molecular formula is C17H16N2O4. The van der Waals surface area contributed by atoms with Gasteiger partial charge in [0.15, 0.2) is 0 Å². The molecule has 2 aromatic rings. The monoisotopic (exact) mass is 312 g/mol. The Bertz CT molecular complexity index is 753. The lowest BCUT2D eigenvalue weighted by atomic mass is 10.1. The lowest BCUT2D eigenvalue weighted by molar-refractivity contribution is -0.384. The van der Waals surface area contributed by atoms with Crippen molar-refractivity contribution in [3.05, 3.63) is 69.8 Å². The Morgan fingerprint density at radius 3 is 2.22 bits per heavy atom. The summed E-state index contributed by atoms with van der Waals surface area (Å²) in [6.45, 7) is 3.49. The molecule has 0 aliphatic heterocycles. The number of amides is 2. The van der Waals surface area contributed by atoms with E-state index in [0.717, 1.165) is 10.5 Å². The molecule has 6 nitrogen and oxygen atoms in total. The average Bonchev–Trinajstić information content (AvgIpc) is 2.56. The van der Waals surface area contributed by atoms with Gasteiger partial charge in [-0.15, -0.1) is 0 Å². The van der Waals surface area contributed by atoms with Gasteiger partial charge >= 0.3 is 0 Å². The molecule has 0 radical (unpaired) electrons. The van der Waals surface area contributed by atoms with Crippen LogP contribution in [0.2, 0.25) is 0 Å². The van der Waals surface area contributed by atoms with Crippen molar-refractivity contribution in [2.75, 3.05) is 4.90 Å². The van der Waals surface area contributed by atoms with E-state index in [9.17, 15) is 19.7 Å². The third-order valence-electron chi connectivity index (χ3n) is 3.44. The summed E-state index contributed by atoms with van der Waals surface area (Å²) in [6.07, 6.45) is 0.174. The number of hydrogen-bond acceptors (Lipinski definition) is 4. The maximum absolute atomic E-state index is 12.7. The molecule has 0 fully saturated rings. The van der Waals surface area contributed by atoms with Crippen molar-refractivity contribution in [1.82, 2.24) is 0 Å². The van der Waals surface area contributed by atoms with E-state index >= 15 is 0 Å². The molecule has 0 N–H and O–H groups in total. The highest BCUT2D eigenvalue weighted by Crippen LogP contribution is 2.23. The number of aryl methyl sites for hydroxylation is 1. The Kier molecular flexibility index (Phi) is 4.85. The van der Waals surface area contributed by atoms with Gasteiger partial charge in [-0.05, 0) is 30.7 Å². The number of anilines is 1. The van der Waals surface area contributed by atoms with Crippen molar-refractivity contribution in [3.63, 3.8) is 0 Å². The second-order valence-electron chi connectivity index (χ2n) is 4.98. The standard InChI is InChI=1S/C17H16N2O4/c1-3-16(20)18(15-7-5-4-6-12(15)2)17(21)13-8-10-14(11-9-13)19(22)23/h4-11H,3H2,1-2H3. The van der Waals surface area contributed by atoms with Gasteiger partial charge in [0, 0.05) is 24.1 Å². The largest absolute Gasteiger partial charge is 0.274 e. The quantitative estimate of drug-likeness (QED) is 0.639. The molecule has 0 unspecified atom stereocenters. The van der Waals surface area contributed by atoms with Gasteiger partial charge in [0.25, 0.3) is 11.6 Å². The molecule has 6 heteroatoms. The van der Waals surface area contributed by atoms with Crippen LogP contribution in [0.15, 0.2) is 48.5 Å². The molecule has 0 bridgehead atoms. The molecule has 2 amide bonds. The second-order valence-corrected chi connectivity index (χ2v) is 4.98. The molecule has 0 spiro atoms. The second kappa shape index (κ2) is 6.83. The van der Waals surface area contributed by atoms with Crippen LogP contribution in [0.3, 0.4) is 0 Å². The number of carbonyl (C=O) groups is 2.